The van der Waals surface area contributed by atoms with Crippen LogP contribution in [0.5, 0.6) is 5.75 Å². The Kier molecular flexibility index (Phi) is 4.91. The number of primary amides is 1. The van der Waals surface area contributed by atoms with Crippen molar-refractivity contribution in [3.8, 4) is 22.8 Å². The van der Waals surface area contributed by atoms with Crippen molar-refractivity contribution in [1.82, 2.24) is 19.5 Å². The third-order valence-electron chi connectivity index (χ3n) is 4.49. The summed E-state index contributed by atoms with van der Waals surface area (Å²) >= 11 is 0. The Morgan fingerprint density at radius 1 is 1.23 bits per heavy atom. The number of aromatic nitrogens is 4. The van der Waals surface area contributed by atoms with Crippen molar-refractivity contribution in [2.75, 3.05) is 6.61 Å². The number of nitrogens with zero attached hydrogens (tertiary/aromatic N) is 4. The lowest BCUT2D eigenvalue weighted by atomic mass is 10.2. The molecule has 0 saturated carbocycles. The van der Waals surface area contributed by atoms with Gasteiger partial charge in [0.05, 0.1) is 17.2 Å². The van der Waals surface area contributed by atoms with Crippen molar-refractivity contribution in [3.63, 3.8) is 0 Å². The Bertz CT molecular complexity index is 1370. The Labute approximate surface area is 174 Å². The van der Waals surface area contributed by atoms with Crippen LogP contribution in [0.4, 0.5) is 5.69 Å². The molecule has 11 nitrogen and oxygen atoms in total. The zero-order chi connectivity index (χ0) is 22.1. The number of nitro groups is 1. The van der Waals surface area contributed by atoms with E-state index in [-0.39, 0.29) is 34.1 Å². The zero-order valence-corrected chi connectivity index (χ0v) is 16.2. The predicted molar refractivity (Wildman–Crippen MR) is 111 cm³/mol. The molecule has 0 fully saturated rings. The normalized spacial score (nSPS) is 10.9. The van der Waals surface area contributed by atoms with Gasteiger partial charge in [0.25, 0.3) is 11.6 Å². The first kappa shape index (κ1) is 19.8. The minimum atomic E-state index is -0.855. The average Bonchev–Trinajstić information content (AvgIpc) is 3.09. The maximum Gasteiger partial charge on any atom is 0.332 e. The van der Waals surface area contributed by atoms with Crippen molar-refractivity contribution in [1.29, 1.82) is 0 Å². The number of imidazole rings is 1. The largest absolute Gasteiger partial charge is 0.494 e. The molecule has 2 aromatic carbocycles. The van der Waals surface area contributed by atoms with Crippen molar-refractivity contribution < 1.29 is 14.5 Å². The minimum absolute atomic E-state index is 0.0405. The molecule has 2 heterocycles. The Morgan fingerprint density at radius 3 is 2.61 bits per heavy atom. The van der Waals surface area contributed by atoms with Gasteiger partial charge in [0, 0.05) is 17.7 Å². The number of H-pyrrole nitrogens is 1. The molecule has 31 heavy (non-hydrogen) atoms. The van der Waals surface area contributed by atoms with E-state index in [0.29, 0.717) is 17.9 Å². The van der Waals surface area contributed by atoms with E-state index in [4.69, 9.17) is 10.5 Å². The molecular weight excluding hydrogens is 404 g/mol. The van der Waals surface area contributed by atoms with Crippen LogP contribution in [0.2, 0.25) is 0 Å². The van der Waals surface area contributed by atoms with Crippen LogP contribution >= 0.6 is 0 Å². The van der Waals surface area contributed by atoms with Crippen LogP contribution in [0.3, 0.4) is 0 Å². The van der Waals surface area contributed by atoms with Crippen LogP contribution in [0.1, 0.15) is 17.4 Å². The highest BCUT2D eigenvalue weighted by Gasteiger charge is 2.21. The number of hydrogen-bond donors (Lipinski definition) is 2. The van der Waals surface area contributed by atoms with Gasteiger partial charge in [0.1, 0.15) is 11.3 Å². The van der Waals surface area contributed by atoms with Crippen LogP contribution in [0.15, 0.2) is 53.3 Å². The highest BCUT2D eigenvalue weighted by Crippen LogP contribution is 2.24. The standard InChI is InChI=1S/C20H16N6O5/c1-2-31-14-8-6-11(7-9-14)18-22-15(17(21)27)16-19(24-18)25(20(28)23-16)12-4-3-5-13(10-12)26(29)30/h3-10H,2H2,1H3,(H2,21,27)(H,23,28). The lowest BCUT2D eigenvalue weighted by molar-refractivity contribution is -0.384. The molecular formula is C20H16N6O5. The fraction of sp³-hybridized carbons (Fsp3) is 0.100. The monoisotopic (exact) mass is 420 g/mol. The number of hydrogen-bond acceptors (Lipinski definition) is 7. The fourth-order valence-electron chi connectivity index (χ4n) is 3.14. The summed E-state index contributed by atoms with van der Waals surface area (Å²) in [5, 5.41) is 11.1. The van der Waals surface area contributed by atoms with E-state index in [1.165, 1.54) is 24.3 Å². The Balaban J connectivity index is 1.96. The maximum atomic E-state index is 12.7. The summed E-state index contributed by atoms with van der Waals surface area (Å²) in [5.41, 5.74) is 5.35. The molecule has 4 rings (SSSR count). The first-order valence-corrected chi connectivity index (χ1v) is 9.19. The summed E-state index contributed by atoms with van der Waals surface area (Å²) in [6, 6.07) is 12.4. The number of aromatic amines is 1. The molecule has 0 saturated heterocycles. The number of amides is 1. The van der Waals surface area contributed by atoms with Gasteiger partial charge in [-0.25, -0.2) is 19.3 Å². The number of carbonyl (C=O) groups is 1. The molecule has 0 aliphatic heterocycles. The van der Waals surface area contributed by atoms with Crippen molar-refractivity contribution >= 4 is 22.8 Å². The number of benzene rings is 2. The third-order valence-corrected chi connectivity index (χ3v) is 4.49. The summed E-state index contributed by atoms with van der Waals surface area (Å²) in [6.07, 6.45) is 0. The second kappa shape index (κ2) is 7.71. The van der Waals surface area contributed by atoms with Gasteiger partial charge in [-0.3, -0.25) is 14.9 Å². The van der Waals surface area contributed by atoms with Gasteiger partial charge in [0.15, 0.2) is 17.2 Å². The molecule has 1 amide bonds. The molecule has 0 spiro atoms. The van der Waals surface area contributed by atoms with Crippen molar-refractivity contribution in [3.05, 3.63) is 74.8 Å². The van der Waals surface area contributed by atoms with Crippen LogP contribution < -0.4 is 16.2 Å². The number of nitro benzene ring substituents is 1. The molecule has 11 heteroatoms. The van der Waals surface area contributed by atoms with E-state index in [1.807, 2.05) is 6.92 Å². The first-order chi connectivity index (χ1) is 14.9. The number of nitrogens with two attached hydrogens (primary N) is 1. The van der Waals surface area contributed by atoms with Crippen LogP contribution in [0, 0.1) is 10.1 Å². The third kappa shape index (κ3) is 3.59. The molecule has 2 aromatic heterocycles. The molecule has 3 N–H and O–H groups in total. The number of carbonyl (C=O) groups excluding carboxylic acids is 1. The number of fused-ring (bicyclic) bond motifs is 1. The van der Waals surface area contributed by atoms with Gasteiger partial charge < -0.3 is 15.5 Å². The van der Waals surface area contributed by atoms with Crippen LogP contribution in [-0.4, -0.2) is 37.0 Å². The van der Waals surface area contributed by atoms with E-state index >= 15 is 0 Å². The summed E-state index contributed by atoms with van der Waals surface area (Å²) < 4.78 is 6.55. The summed E-state index contributed by atoms with van der Waals surface area (Å²) in [7, 11) is 0. The minimum Gasteiger partial charge on any atom is -0.494 e. The highest BCUT2D eigenvalue weighted by atomic mass is 16.6. The fourth-order valence-corrected chi connectivity index (χ4v) is 3.14. The second-order valence-electron chi connectivity index (χ2n) is 6.46. The van der Waals surface area contributed by atoms with Gasteiger partial charge >= 0.3 is 5.69 Å². The smallest absolute Gasteiger partial charge is 0.332 e. The van der Waals surface area contributed by atoms with E-state index in [9.17, 15) is 19.7 Å². The topological polar surface area (TPSA) is 159 Å². The summed E-state index contributed by atoms with van der Waals surface area (Å²) in [6.45, 7) is 2.37. The van der Waals surface area contributed by atoms with E-state index < -0.39 is 16.5 Å². The van der Waals surface area contributed by atoms with Crippen LogP contribution in [-0.2, 0) is 0 Å². The van der Waals surface area contributed by atoms with E-state index in [1.54, 1.807) is 24.3 Å². The zero-order valence-electron chi connectivity index (χ0n) is 16.2. The molecule has 0 aliphatic carbocycles. The molecule has 0 bridgehead atoms. The SMILES string of the molecule is CCOc1ccc(-c2nc(C(N)=O)c3[nH]c(=O)n(-c4cccc([N+](=O)[O-])c4)c3n2)cc1. The van der Waals surface area contributed by atoms with Crippen LogP contribution in [0.25, 0.3) is 28.2 Å². The van der Waals surface area contributed by atoms with Gasteiger partial charge in [-0.1, -0.05) is 6.07 Å². The second-order valence-corrected chi connectivity index (χ2v) is 6.46. The summed E-state index contributed by atoms with van der Waals surface area (Å²) in [4.78, 5) is 46.4. The molecule has 0 atom stereocenters. The molecule has 0 unspecified atom stereocenters. The van der Waals surface area contributed by atoms with Gasteiger partial charge in [-0.05, 0) is 37.3 Å². The molecule has 156 valence electrons. The molecule has 0 radical (unpaired) electrons. The Hall–Kier alpha value is -4.54. The first-order valence-electron chi connectivity index (χ1n) is 9.19. The number of nitrogens with one attached hydrogen (secondary N) is 1. The van der Waals surface area contributed by atoms with Crippen molar-refractivity contribution in [2.45, 2.75) is 6.92 Å². The Morgan fingerprint density at radius 2 is 1.97 bits per heavy atom. The quantitative estimate of drug-likeness (QED) is 0.357. The average molecular weight is 420 g/mol. The van der Waals surface area contributed by atoms with Gasteiger partial charge in [-0.2, -0.15) is 0 Å². The molecule has 0 aliphatic rings. The highest BCUT2D eigenvalue weighted by molar-refractivity contribution is 6.02. The van der Waals surface area contributed by atoms with E-state index in [2.05, 4.69) is 15.0 Å². The number of ether oxygens (including phenoxy) is 1. The lowest BCUT2D eigenvalue weighted by Crippen LogP contribution is -2.15. The van der Waals surface area contributed by atoms with Gasteiger partial charge in [-0.15, -0.1) is 0 Å². The van der Waals surface area contributed by atoms with Crippen molar-refractivity contribution in [2.24, 2.45) is 5.73 Å². The number of rotatable bonds is 6. The predicted octanol–water partition coefficient (Wildman–Crippen LogP) is 2.18. The lowest BCUT2D eigenvalue weighted by Gasteiger charge is -2.07. The summed E-state index contributed by atoms with van der Waals surface area (Å²) in [5.74, 6) is -0.0489. The number of non-ortho nitro benzene ring substituents is 1. The van der Waals surface area contributed by atoms with E-state index in [0.717, 1.165) is 4.57 Å². The van der Waals surface area contributed by atoms with Gasteiger partial charge in [0.2, 0.25) is 0 Å². The maximum absolute atomic E-state index is 12.7. The molecule has 4 aromatic rings.